The minimum atomic E-state index is -1.33. The van der Waals surface area contributed by atoms with Gasteiger partial charge in [-0.3, -0.25) is 10.1 Å². The van der Waals surface area contributed by atoms with Crippen molar-refractivity contribution in [2.24, 2.45) is 0 Å². The number of amides is 1. The number of aromatic amines is 1. The lowest BCUT2D eigenvalue weighted by molar-refractivity contribution is -0.114. The van der Waals surface area contributed by atoms with Gasteiger partial charge in [-0.1, -0.05) is 30.0 Å². The number of ether oxygens (including phenoxy) is 2. The third-order valence-corrected chi connectivity index (χ3v) is 8.07. The quantitative estimate of drug-likeness (QED) is 0.176. The number of aromatic hydroxyl groups is 2. The van der Waals surface area contributed by atoms with Crippen LogP contribution in [0, 0.1) is 0 Å². The maximum atomic E-state index is 11.5. The number of methoxy groups -OCH3 is 1. The van der Waals surface area contributed by atoms with Crippen molar-refractivity contribution in [3.8, 4) is 11.5 Å². The van der Waals surface area contributed by atoms with Gasteiger partial charge in [-0.25, -0.2) is 9.78 Å². The van der Waals surface area contributed by atoms with Crippen LogP contribution < -0.4 is 5.32 Å². The minimum Gasteiger partial charge on any atom is -0.504 e. The lowest BCUT2D eigenvalue weighted by Crippen LogP contribution is -2.39. The van der Waals surface area contributed by atoms with E-state index in [4.69, 9.17) is 4.74 Å². The van der Waals surface area contributed by atoms with Crippen molar-refractivity contribution in [1.82, 2.24) is 9.97 Å². The number of phenolic OH excluding ortho intramolecular Hbond substituents is 2. The molecule has 1 aromatic heterocycles. The number of hydrogen-bond donors (Lipinski definition) is 6. The van der Waals surface area contributed by atoms with Crippen LogP contribution in [-0.2, 0) is 20.7 Å². The molecule has 1 amide bonds. The summed E-state index contributed by atoms with van der Waals surface area (Å²) < 4.78 is 9.94. The van der Waals surface area contributed by atoms with Crippen LogP contribution in [0.5, 0.6) is 11.5 Å². The van der Waals surface area contributed by atoms with Crippen molar-refractivity contribution < 1.29 is 39.5 Å². The second-order valence-electron chi connectivity index (χ2n) is 9.96. The number of aliphatic hydroxyl groups is 2. The van der Waals surface area contributed by atoms with Crippen LogP contribution in [0.25, 0.3) is 16.6 Å². The number of carbonyl (C=O) groups is 2. The lowest BCUT2D eigenvalue weighted by atomic mass is 9.85. The maximum absolute atomic E-state index is 11.5. The van der Waals surface area contributed by atoms with E-state index < -0.39 is 23.2 Å². The summed E-state index contributed by atoms with van der Waals surface area (Å²) in [6.45, 7) is -0.122. The number of nitrogens with one attached hydrogen (secondary N) is 2. The Labute approximate surface area is 248 Å². The Hall–Kier alpha value is -5.20. The molecule has 0 radical (unpaired) electrons. The van der Waals surface area contributed by atoms with Gasteiger partial charge in [-0.2, -0.15) is 0 Å². The van der Waals surface area contributed by atoms with Gasteiger partial charge in [-0.05, 0) is 65.7 Å². The summed E-state index contributed by atoms with van der Waals surface area (Å²) >= 11 is 1.67. The molecule has 1 unspecified atom stereocenters. The minimum absolute atomic E-state index is 0.0348. The molecule has 4 aromatic rings. The molecule has 2 aliphatic carbocycles. The van der Waals surface area contributed by atoms with E-state index in [-0.39, 0.29) is 30.3 Å². The monoisotopic (exact) mass is 599 g/mol. The molecule has 1 aliphatic heterocycles. The van der Waals surface area contributed by atoms with Gasteiger partial charge in [0.25, 0.3) is 0 Å². The molecule has 6 N–H and O–H groups in total. The highest BCUT2D eigenvalue weighted by Gasteiger charge is 2.47. The first-order chi connectivity index (χ1) is 20.6. The number of anilines is 1. The van der Waals surface area contributed by atoms with Crippen LogP contribution in [0.2, 0.25) is 0 Å². The predicted octanol–water partition coefficient (Wildman–Crippen LogP) is 4.97. The van der Waals surface area contributed by atoms with E-state index in [0.29, 0.717) is 28.2 Å². The number of rotatable bonds is 3. The molecular weight excluding hydrogens is 574 g/mol. The average molecular weight is 600 g/mol. The van der Waals surface area contributed by atoms with Gasteiger partial charge in [0.1, 0.15) is 12.2 Å². The number of hydrogen-bond acceptors (Lipinski definition) is 10. The molecule has 0 bridgehead atoms. The van der Waals surface area contributed by atoms with Gasteiger partial charge in [0.15, 0.2) is 17.3 Å². The highest BCUT2D eigenvalue weighted by atomic mass is 32.2. The molecule has 7 rings (SSSR count). The predicted molar refractivity (Wildman–Crippen MR) is 158 cm³/mol. The first-order valence-electron chi connectivity index (χ1n) is 13.0. The lowest BCUT2D eigenvalue weighted by Gasteiger charge is -2.33. The molecule has 0 saturated carbocycles. The largest absolute Gasteiger partial charge is 0.504 e. The van der Waals surface area contributed by atoms with Gasteiger partial charge < -0.3 is 34.9 Å². The van der Waals surface area contributed by atoms with Crippen LogP contribution in [0.4, 0.5) is 10.7 Å². The number of allylic oxidation sites excluding steroid dienone is 2. The number of phenols is 2. The van der Waals surface area contributed by atoms with Crippen molar-refractivity contribution in [2.45, 2.75) is 21.8 Å². The molecule has 3 aromatic carbocycles. The molecule has 218 valence electrons. The third-order valence-electron chi connectivity index (χ3n) is 7.08. The number of ketones is 1. The molecule has 1 atom stereocenters. The number of nitrogens with zero attached hydrogens (tertiary/aromatic N) is 1. The Morgan fingerprint density at radius 3 is 2.58 bits per heavy atom. The number of fused-ring (bicyclic) bond motifs is 5. The molecule has 0 fully saturated rings. The third kappa shape index (κ3) is 5.29. The fourth-order valence-corrected chi connectivity index (χ4v) is 6.02. The summed E-state index contributed by atoms with van der Waals surface area (Å²) in [7, 11) is 1.31. The van der Waals surface area contributed by atoms with Gasteiger partial charge in [0.2, 0.25) is 17.5 Å². The maximum Gasteiger partial charge on any atom is 0.413 e. The normalized spacial score (nSPS) is 18.3. The standard InChI is InChI=1S/C16H12O6.C15H13N3O2S/c17-10-2-1-8-13-9-4-12(19)11(18)3-7(9)5-16(13,21)6-22-15(8)14(10)20;1-20-15(19)18-14-16-12-8-7-11(9-13(12)17-14)21-10-5-3-2-4-6-10/h1-4,18-21H,5-6H2;2-9H,1H3,(H2,16,17,18,19). The summed E-state index contributed by atoms with van der Waals surface area (Å²) in [5, 5.41) is 42.6. The van der Waals surface area contributed by atoms with Gasteiger partial charge >= 0.3 is 6.09 Å². The molecule has 0 spiro atoms. The zero-order chi connectivity index (χ0) is 30.3. The van der Waals surface area contributed by atoms with Crippen molar-refractivity contribution in [2.75, 3.05) is 19.0 Å². The van der Waals surface area contributed by atoms with Crippen molar-refractivity contribution >= 4 is 46.2 Å². The zero-order valence-electron chi connectivity index (χ0n) is 22.6. The summed E-state index contributed by atoms with van der Waals surface area (Å²) in [6, 6.07) is 18.8. The second-order valence-corrected chi connectivity index (χ2v) is 11.1. The van der Waals surface area contributed by atoms with Crippen LogP contribution in [0.3, 0.4) is 0 Å². The number of benzene rings is 3. The van der Waals surface area contributed by atoms with Gasteiger partial charge in [0, 0.05) is 27.4 Å². The Kier molecular flexibility index (Phi) is 7.08. The van der Waals surface area contributed by atoms with Gasteiger partial charge in [0.05, 0.1) is 18.1 Å². The van der Waals surface area contributed by atoms with E-state index in [1.54, 1.807) is 11.8 Å². The number of H-pyrrole nitrogens is 1. The first-order valence-corrected chi connectivity index (χ1v) is 13.9. The number of imidazole rings is 1. The number of aromatic nitrogens is 2. The first kappa shape index (κ1) is 27.9. The average Bonchev–Trinajstić information content (AvgIpc) is 3.52. The SMILES string of the molecule is COC(=O)Nc1nc2ccc(Sc3ccccc3)cc2[nH]1.O=C1C=CC2=C3c4cc(O)c(O)cc4CC3(O)COC2=C1O. The van der Waals surface area contributed by atoms with Crippen molar-refractivity contribution in [1.29, 1.82) is 0 Å². The van der Waals surface area contributed by atoms with E-state index in [2.05, 4.69) is 32.2 Å². The smallest absolute Gasteiger partial charge is 0.413 e. The number of carbonyl (C=O) groups excluding carboxylic acids is 2. The van der Waals surface area contributed by atoms with Crippen LogP contribution >= 0.6 is 11.8 Å². The summed E-state index contributed by atoms with van der Waals surface area (Å²) in [4.78, 5) is 32.3. The van der Waals surface area contributed by atoms with E-state index in [0.717, 1.165) is 15.9 Å². The molecule has 0 saturated heterocycles. The van der Waals surface area contributed by atoms with Crippen molar-refractivity contribution in [3.63, 3.8) is 0 Å². The summed E-state index contributed by atoms with van der Waals surface area (Å²) in [5.74, 6) is -1.21. The molecule has 3 aliphatic rings. The highest BCUT2D eigenvalue weighted by Crippen LogP contribution is 2.50. The Bertz CT molecular complexity index is 1880. The van der Waals surface area contributed by atoms with Crippen molar-refractivity contribution in [3.05, 3.63) is 101 Å². The van der Waals surface area contributed by atoms with E-state index in [9.17, 15) is 30.0 Å². The molecule has 2 heterocycles. The number of aliphatic hydroxyl groups excluding tert-OH is 1. The molecular formula is C31H25N3O8S. The summed E-state index contributed by atoms with van der Waals surface area (Å²) in [5.41, 5.74) is 2.45. The fraction of sp³-hybridized carbons (Fsp3) is 0.129. The van der Waals surface area contributed by atoms with E-state index in [1.807, 2.05) is 36.4 Å². The topological polar surface area (TPSA) is 174 Å². The van der Waals surface area contributed by atoms with Crippen LogP contribution in [-0.4, -0.2) is 61.6 Å². The van der Waals surface area contributed by atoms with Crippen LogP contribution in [0.15, 0.2) is 99.7 Å². The second kappa shape index (κ2) is 10.9. The van der Waals surface area contributed by atoms with E-state index in [1.165, 1.54) is 36.3 Å². The Balaban J connectivity index is 0.000000153. The van der Waals surface area contributed by atoms with E-state index >= 15 is 0 Å². The fourth-order valence-electron chi connectivity index (χ4n) is 5.14. The molecule has 43 heavy (non-hydrogen) atoms. The Morgan fingerprint density at radius 1 is 1.05 bits per heavy atom. The van der Waals surface area contributed by atoms with Crippen LogP contribution in [0.1, 0.15) is 11.1 Å². The highest BCUT2D eigenvalue weighted by molar-refractivity contribution is 7.99. The summed E-state index contributed by atoms with van der Waals surface area (Å²) in [6.07, 6.45) is 2.35. The molecule has 11 nitrogen and oxygen atoms in total. The Morgan fingerprint density at radius 2 is 1.81 bits per heavy atom. The van der Waals surface area contributed by atoms with Gasteiger partial charge in [-0.15, -0.1) is 0 Å². The molecule has 12 heteroatoms. The zero-order valence-corrected chi connectivity index (χ0v) is 23.4.